The number of hydrogen-bond donors (Lipinski definition) is 2. The van der Waals surface area contributed by atoms with Crippen LogP contribution < -0.4 is 0 Å². The summed E-state index contributed by atoms with van der Waals surface area (Å²) in [5.74, 6) is 2.25. The van der Waals surface area contributed by atoms with Gasteiger partial charge < -0.3 is 38.8 Å². The van der Waals surface area contributed by atoms with Crippen LogP contribution in [0.25, 0.3) is 0 Å². The van der Waals surface area contributed by atoms with Crippen molar-refractivity contribution in [3.8, 4) is 0 Å². The quantitative estimate of drug-likeness (QED) is 0.262. The number of likely N-dealkylation sites (tertiary alicyclic amines) is 1. The van der Waals surface area contributed by atoms with Crippen LogP contribution in [0.2, 0.25) is 0 Å². The maximum atomic E-state index is 12.5. The number of aliphatic hydroxyl groups is 2. The molecule has 2 N–H and O–H groups in total. The smallest absolute Gasteiger partial charge is 0.410 e. The third-order valence-electron chi connectivity index (χ3n) is 16.3. The van der Waals surface area contributed by atoms with Crippen LogP contribution in [0.5, 0.6) is 0 Å². The number of rotatable bonds is 6. The molecule has 0 aromatic carbocycles. The normalized spacial score (nSPS) is 41.9. The molecular weight excluding hydrogens is 712 g/mol. The largest absolute Gasteiger partial charge is 0.457 e. The fraction of sp³-hybridized carbons (Fsp3) is 0.956. The summed E-state index contributed by atoms with van der Waals surface area (Å²) in [5.41, 5.74) is -0.389. The van der Waals surface area contributed by atoms with Crippen LogP contribution in [0.1, 0.15) is 142 Å². The minimum absolute atomic E-state index is 0. The zero-order valence-electron chi connectivity index (χ0n) is 37.0. The van der Waals surface area contributed by atoms with Crippen LogP contribution in [0.3, 0.4) is 0 Å². The van der Waals surface area contributed by atoms with E-state index >= 15 is 0 Å². The SMILES string of the molecule is CC.CC(=O)O[C@@H](C1CCC2C(CC3C4CCC5C(C)(C)[C@@H](OC6CN(C7CN(C(=O)OC(C)(C)C)C7)CCO6)CCC56C[C@@]46CCC23C)O1)C(C)(C)O.CO.[HH]. The van der Waals surface area contributed by atoms with Gasteiger partial charge in [0.25, 0.3) is 0 Å². The summed E-state index contributed by atoms with van der Waals surface area (Å²) in [6, 6.07) is 0.330. The molecule has 9 unspecified atom stereocenters. The Labute approximate surface area is 339 Å². The van der Waals surface area contributed by atoms with Crippen molar-refractivity contribution in [3.63, 3.8) is 0 Å². The van der Waals surface area contributed by atoms with E-state index in [1.807, 2.05) is 39.5 Å². The number of carbonyl (C=O) groups is 2. The Balaban J connectivity index is 0.00000120. The predicted molar refractivity (Wildman–Crippen MR) is 217 cm³/mol. The van der Waals surface area contributed by atoms with Gasteiger partial charge in [-0.15, -0.1) is 0 Å². The van der Waals surface area contributed by atoms with Crippen molar-refractivity contribution in [1.29, 1.82) is 0 Å². The van der Waals surface area contributed by atoms with Crippen LogP contribution in [-0.4, -0.2) is 120 Å². The molecular formula is C45H80N2O9. The fourth-order valence-corrected chi connectivity index (χ4v) is 14.0. The number of aliphatic hydroxyl groups excluding tert-OH is 1. The van der Waals surface area contributed by atoms with Crippen LogP contribution in [-0.2, 0) is 28.5 Å². The molecule has 56 heavy (non-hydrogen) atoms. The summed E-state index contributed by atoms with van der Waals surface area (Å²) in [4.78, 5) is 28.8. The van der Waals surface area contributed by atoms with E-state index in [0.29, 0.717) is 54.3 Å². The third-order valence-corrected chi connectivity index (χ3v) is 16.3. The van der Waals surface area contributed by atoms with E-state index in [4.69, 9.17) is 28.8 Å². The molecule has 1 amide bonds. The van der Waals surface area contributed by atoms with Crippen LogP contribution in [0.15, 0.2) is 0 Å². The maximum Gasteiger partial charge on any atom is 0.410 e. The Kier molecular flexibility index (Phi) is 12.5. The number of carbonyl (C=O) groups excluding carboxylic acids is 2. The van der Waals surface area contributed by atoms with Crippen molar-refractivity contribution < 1.29 is 44.9 Å². The molecule has 324 valence electrons. The van der Waals surface area contributed by atoms with E-state index in [-0.39, 0.29) is 48.9 Å². The average Bonchev–Trinajstić information content (AvgIpc) is 3.68. The minimum atomic E-state index is -1.15. The second-order valence-corrected chi connectivity index (χ2v) is 21.0. The van der Waals surface area contributed by atoms with Gasteiger partial charge in [0.2, 0.25) is 0 Å². The lowest BCUT2D eigenvalue weighted by atomic mass is 9.46. The Bertz CT molecular complexity index is 1410. The number of fused-ring (bicyclic) bond motifs is 4. The van der Waals surface area contributed by atoms with Gasteiger partial charge in [0.1, 0.15) is 5.60 Å². The van der Waals surface area contributed by atoms with Crippen molar-refractivity contribution in [2.45, 2.75) is 188 Å². The molecule has 8 aliphatic rings. The molecule has 3 aliphatic heterocycles. The summed E-state index contributed by atoms with van der Waals surface area (Å²) < 4.78 is 31.4. The van der Waals surface area contributed by atoms with Crippen molar-refractivity contribution >= 4 is 12.1 Å². The summed E-state index contributed by atoms with van der Waals surface area (Å²) in [5, 5.41) is 17.9. The van der Waals surface area contributed by atoms with Gasteiger partial charge in [0.05, 0.1) is 37.1 Å². The standard InChI is InChI=1S/C42H68N2O8.C2H6.CH4O.H2/c1-25(45)49-35(39(7,8)47)30-12-10-28-31(50-30)20-29-27-11-13-32-38(5,6)33(14-15-42(32)24-41(27,42)17-16-40(28,29)9)51-34-23-43(18-19-48-34)26-21-44(22-26)36(46)52-37(2,3)4;2*1-2;/h26-35,47H,10-24H2,1-9H3;1-2H3;2H,1H3;1H/t27?,28?,29?,30?,31?,32?,33-,34?,35-,40?,41-,42?;;;/m0.../s1. The molecule has 0 radical (unpaired) electrons. The molecule has 0 aromatic heterocycles. The monoisotopic (exact) mass is 793 g/mol. The summed E-state index contributed by atoms with van der Waals surface area (Å²) in [6.45, 7) is 25.9. The highest BCUT2D eigenvalue weighted by Crippen LogP contribution is 2.87. The lowest BCUT2D eigenvalue weighted by Gasteiger charge is -2.60. The zero-order chi connectivity index (χ0) is 41.2. The first-order chi connectivity index (χ1) is 26.3. The molecule has 0 bridgehead atoms. The van der Waals surface area contributed by atoms with Gasteiger partial charge in [0.15, 0.2) is 12.4 Å². The molecule has 2 spiro atoms. The van der Waals surface area contributed by atoms with Gasteiger partial charge in [0, 0.05) is 41.1 Å². The second-order valence-electron chi connectivity index (χ2n) is 21.0. The van der Waals surface area contributed by atoms with E-state index in [1.165, 1.54) is 45.4 Å². The van der Waals surface area contributed by atoms with Gasteiger partial charge in [-0.2, -0.15) is 0 Å². The van der Waals surface area contributed by atoms with E-state index in [0.717, 1.165) is 51.8 Å². The van der Waals surface area contributed by atoms with Gasteiger partial charge >= 0.3 is 12.1 Å². The predicted octanol–water partition coefficient (Wildman–Crippen LogP) is 7.44. The highest BCUT2D eigenvalue weighted by molar-refractivity contribution is 5.69. The molecule has 5 saturated carbocycles. The first-order valence-corrected chi connectivity index (χ1v) is 22.3. The van der Waals surface area contributed by atoms with Gasteiger partial charge in [-0.3, -0.25) is 9.69 Å². The second kappa shape index (κ2) is 15.8. The molecule has 8 fully saturated rings. The number of amides is 1. The maximum absolute atomic E-state index is 12.5. The lowest BCUT2D eigenvalue weighted by molar-refractivity contribution is -0.250. The molecule has 12 atom stereocenters. The summed E-state index contributed by atoms with van der Waals surface area (Å²) in [7, 11) is 1.00. The van der Waals surface area contributed by atoms with Crippen molar-refractivity contribution in [2.75, 3.05) is 39.9 Å². The molecule has 8 rings (SSSR count). The van der Waals surface area contributed by atoms with Crippen molar-refractivity contribution in [3.05, 3.63) is 0 Å². The molecule has 11 nitrogen and oxygen atoms in total. The average molecular weight is 793 g/mol. The lowest BCUT2D eigenvalue weighted by Crippen LogP contribution is -2.64. The van der Waals surface area contributed by atoms with Crippen molar-refractivity contribution in [1.82, 2.24) is 9.80 Å². The first-order valence-electron chi connectivity index (χ1n) is 22.3. The molecule has 11 heteroatoms. The van der Waals surface area contributed by atoms with Crippen LogP contribution in [0.4, 0.5) is 4.79 Å². The Morgan fingerprint density at radius 2 is 1.55 bits per heavy atom. The van der Waals surface area contributed by atoms with E-state index in [1.54, 1.807) is 13.8 Å². The molecule has 3 saturated heterocycles. The van der Waals surface area contributed by atoms with Gasteiger partial charge in [-0.1, -0.05) is 34.6 Å². The van der Waals surface area contributed by atoms with E-state index in [9.17, 15) is 14.7 Å². The number of morpholine rings is 1. The number of esters is 1. The number of nitrogens with zero attached hydrogens (tertiary/aromatic N) is 2. The Morgan fingerprint density at radius 1 is 0.875 bits per heavy atom. The van der Waals surface area contributed by atoms with E-state index in [2.05, 4.69) is 25.7 Å². The van der Waals surface area contributed by atoms with Crippen LogP contribution >= 0.6 is 0 Å². The highest BCUT2D eigenvalue weighted by Gasteiger charge is 2.80. The highest BCUT2D eigenvalue weighted by atomic mass is 16.7. The van der Waals surface area contributed by atoms with Gasteiger partial charge in [-0.25, -0.2) is 4.79 Å². The molecule has 5 aliphatic carbocycles. The first kappa shape index (κ1) is 44.1. The van der Waals surface area contributed by atoms with Crippen molar-refractivity contribution in [2.24, 2.45) is 45.3 Å². The van der Waals surface area contributed by atoms with E-state index < -0.39 is 17.3 Å². The topological polar surface area (TPSA) is 127 Å². The fourth-order valence-electron chi connectivity index (χ4n) is 14.0. The minimum Gasteiger partial charge on any atom is -0.457 e. The Morgan fingerprint density at radius 3 is 2.20 bits per heavy atom. The number of hydrogen-bond acceptors (Lipinski definition) is 10. The molecule has 0 aromatic rings. The Hall–Kier alpha value is -1.50. The third kappa shape index (κ3) is 7.58. The van der Waals surface area contributed by atoms with Gasteiger partial charge in [-0.05, 0) is 144 Å². The number of ether oxygens (including phenoxy) is 5. The summed E-state index contributed by atoms with van der Waals surface area (Å²) in [6.07, 6.45) is 11.0. The zero-order valence-corrected chi connectivity index (χ0v) is 37.0. The van der Waals surface area contributed by atoms with Crippen LogP contribution in [0, 0.1) is 45.3 Å². The molecule has 3 heterocycles. The summed E-state index contributed by atoms with van der Waals surface area (Å²) >= 11 is 0.